The Morgan fingerprint density at radius 2 is 1.76 bits per heavy atom. The standard InChI is InChI=1S/C29H45N7O2/c1-28(2,31-3)27(38)36-15-13-35(14-16-36)26(9-11-32-21-37)33-24-7-5-22(6-8-24)10-12-34(4)25-19-29(20-25)17-23(30)18-29/h5-9,11,21,23,25,31H,10,12-20,30H2,1-4H3,(H,32,37)/b11-9-,33-26?. The monoisotopic (exact) mass is 523 g/mol. The van der Waals surface area contributed by atoms with Crippen molar-refractivity contribution in [2.24, 2.45) is 16.1 Å². The molecule has 38 heavy (non-hydrogen) atoms. The predicted molar refractivity (Wildman–Crippen MR) is 152 cm³/mol. The van der Waals surface area contributed by atoms with E-state index in [1.165, 1.54) is 31.2 Å². The van der Waals surface area contributed by atoms with Crippen LogP contribution in [0.2, 0.25) is 0 Å². The van der Waals surface area contributed by atoms with Gasteiger partial charge >= 0.3 is 0 Å². The Morgan fingerprint density at radius 1 is 1.13 bits per heavy atom. The van der Waals surface area contributed by atoms with Crippen LogP contribution in [-0.2, 0) is 16.0 Å². The summed E-state index contributed by atoms with van der Waals surface area (Å²) in [5.41, 5.74) is 8.15. The van der Waals surface area contributed by atoms with E-state index in [1.54, 1.807) is 6.20 Å². The molecule has 0 unspecified atom stereocenters. The summed E-state index contributed by atoms with van der Waals surface area (Å²) in [6.45, 7) is 7.45. The van der Waals surface area contributed by atoms with E-state index in [-0.39, 0.29) is 5.91 Å². The lowest BCUT2D eigenvalue weighted by atomic mass is 9.52. The molecule has 0 aromatic heterocycles. The van der Waals surface area contributed by atoms with Gasteiger partial charge in [0.05, 0.1) is 11.2 Å². The van der Waals surface area contributed by atoms with Crippen molar-refractivity contribution in [3.05, 3.63) is 42.1 Å². The molecule has 0 bridgehead atoms. The smallest absolute Gasteiger partial charge is 0.242 e. The van der Waals surface area contributed by atoms with Crippen LogP contribution in [0.1, 0.15) is 45.1 Å². The van der Waals surface area contributed by atoms with Gasteiger partial charge < -0.3 is 31.1 Å². The van der Waals surface area contributed by atoms with Crippen LogP contribution in [0.4, 0.5) is 5.69 Å². The first kappa shape index (κ1) is 28.3. The van der Waals surface area contributed by atoms with E-state index < -0.39 is 5.54 Å². The van der Waals surface area contributed by atoms with Crippen molar-refractivity contribution < 1.29 is 9.59 Å². The van der Waals surface area contributed by atoms with Crippen LogP contribution >= 0.6 is 0 Å². The quantitative estimate of drug-likeness (QED) is 0.246. The van der Waals surface area contributed by atoms with Gasteiger partial charge in [-0.25, -0.2) is 4.99 Å². The normalized spacial score (nSPS) is 26.0. The van der Waals surface area contributed by atoms with Crippen LogP contribution in [0, 0.1) is 5.41 Å². The van der Waals surface area contributed by atoms with Gasteiger partial charge in [0.1, 0.15) is 5.84 Å². The first-order chi connectivity index (χ1) is 18.1. The topological polar surface area (TPSA) is 106 Å². The fraction of sp³-hybridized carbons (Fsp3) is 0.621. The number of piperazine rings is 1. The largest absolute Gasteiger partial charge is 0.353 e. The number of carbonyl (C=O) groups excluding carboxylic acids is 2. The maximum absolute atomic E-state index is 12.8. The second-order valence-electron chi connectivity index (χ2n) is 11.9. The molecule has 1 aliphatic heterocycles. The third-order valence-electron chi connectivity index (χ3n) is 8.73. The fourth-order valence-electron chi connectivity index (χ4n) is 6.01. The average Bonchev–Trinajstić information content (AvgIpc) is 2.88. The van der Waals surface area contributed by atoms with Gasteiger partial charge in [-0.1, -0.05) is 12.1 Å². The van der Waals surface area contributed by atoms with Crippen LogP contribution in [-0.4, -0.2) is 97.3 Å². The van der Waals surface area contributed by atoms with Crippen LogP contribution in [0.3, 0.4) is 0 Å². The van der Waals surface area contributed by atoms with Gasteiger partial charge in [0.25, 0.3) is 0 Å². The molecule has 4 N–H and O–H groups in total. The molecule has 2 saturated carbocycles. The van der Waals surface area contributed by atoms with Gasteiger partial charge in [0.15, 0.2) is 0 Å². The second-order valence-corrected chi connectivity index (χ2v) is 11.9. The van der Waals surface area contributed by atoms with Crippen LogP contribution in [0.15, 0.2) is 41.5 Å². The number of carbonyl (C=O) groups is 2. The summed E-state index contributed by atoms with van der Waals surface area (Å²) in [5.74, 6) is 0.864. The molecular formula is C29H45N7O2. The van der Waals surface area contributed by atoms with Gasteiger partial charge in [0.2, 0.25) is 12.3 Å². The summed E-state index contributed by atoms with van der Waals surface area (Å²) in [4.78, 5) is 35.0. The maximum Gasteiger partial charge on any atom is 0.242 e. The SMILES string of the molecule is CNC(C)(C)C(=O)N1CCN(C(/C=C\NC=O)=Nc2ccc(CCN(C)C3CC4(CC(N)C4)C3)cc2)CC1. The van der Waals surface area contributed by atoms with Crippen molar-refractivity contribution in [2.75, 3.05) is 46.8 Å². The summed E-state index contributed by atoms with van der Waals surface area (Å²) in [6, 6.07) is 9.55. The Labute approximate surface area is 227 Å². The fourth-order valence-corrected chi connectivity index (χ4v) is 6.01. The summed E-state index contributed by atoms with van der Waals surface area (Å²) in [5, 5.41) is 5.67. The van der Waals surface area contributed by atoms with Gasteiger partial charge in [0, 0.05) is 51.0 Å². The van der Waals surface area contributed by atoms with Crippen molar-refractivity contribution in [1.29, 1.82) is 0 Å². The number of amidine groups is 1. The number of hydrogen-bond donors (Lipinski definition) is 3. The zero-order valence-corrected chi connectivity index (χ0v) is 23.4. The van der Waals surface area contributed by atoms with Crippen molar-refractivity contribution >= 4 is 23.8 Å². The van der Waals surface area contributed by atoms with Gasteiger partial charge in [-0.05, 0) is 89.2 Å². The Morgan fingerprint density at radius 3 is 2.34 bits per heavy atom. The minimum Gasteiger partial charge on any atom is -0.353 e. The molecule has 2 aliphatic carbocycles. The highest BCUT2D eigenvalue weighted by Gasteiger charge is 2.52. The van der Waals surface area contributed by atoms with Crippen LogP contribution in [0.25, 0.3) is 0 Å². The molecule has 0 radical (unpaired) electrons. The van der Waals surface area contributed by atoms with Crippen molar-refractivity contribution in [1.82, 2.24) is 25.3 Å². The molecule has 3 fully saturated rings. The molecule has 3 aliphatic rings. The molecule has 2 amide bonds. The Hall–Kier alpha value is -2.75. The minimum atomic E-state index is -0.589. The summed E-state index contributed by atoms with van der Waals surface area (Å²) >= 11 is 0. The molecule has 1 spiro atoms. The molecule has 1 aromatic rings. The third kappa shape index (κ3) is 6.62. The number of aliphatic imine (C=N–C) groups is 1. The van der Waals surface area contributed by atoms with E-state index in [4.69, 9.17) is 10.7 Å². The lowest BCUT2D eigenvalue weighted by Gasteiger charge is -2.59. The first-order valence-electron chi connectivity index (χ1n) is 13.9. The first-order valence-corrected chi connectivity index (χ1v) is 13.9. The second kappa shape index (κ2) is 12.0. The van der Waals surface area contributed by atoms with Crippen molar-refractivity contribution in [3.8, 4) is 0 Å². The zero-order valence-electron chi connectivity index (χ0n) is 23.4. The molecule has 208 valence electrons. The van der Waals surface area contributed by atoms with Crippen molar-refractivity contribution in [3.63, 3.8) is 0 Å². The van der Waals surface area contributed by atoms with Crippen LogP contribution < -0.4 is 16.4 Å². The Kier molecular flexibility index (Phi) is 8.90. The van der Waals surface area contributed by atoms with E-state index in [1.807, 2.05) is 31.9 Å². The van der Waals surface area contributed by atoms with E-state index in [0.717, 1.165) is 24.5 Å². The number of amides is 2. The summed E-state index contributed by atoms with van der Waals surface area (Å²) in [7, 11) is 4.05. The molecule has 9 heteroatoms. The number of benzene rings is 1. The molecule has 9 nitrogen and oxygen atoms in total. The number of likely N-dealkylation sites (N-methyl/N-ethyl adjacent to an activating group) is 2. The molecular weight excluding hydrogens is 478 g/mol. The number of rotatable bonds is 10. The van der Waals surface area contributed by atoms with Gasteiger partial charge in [-0.15, -0.1) is 0 Å². The Bertz CT molecular complexity index is 1010. The molecule has 1 saturated heterocycles. The highest BCUT2D eigenvalue weighted by Crippen LogP contribution is 2.56. The van der Waals surface area contributed by atoms with E-state index in [9.17, 15) is 9.59 Å². The zero-order chi connectivity index (χ0) is 27.3. The predicted octanol–water partition coefficient (Wildman–Crippen LogP) is 1.86. The van der Waals surface area contributed by atoms with Gasteiger partial charge in [-0.3, -0.25) is 9.59 Å². The highest BCUT2D eigenvalue weighted by molar-refractivity contribution is 5.95. The average molecular weight is 524 g/mol. The van der Waals surface area contributed by atoms with Crippen LogP contribution in [0.5, 0.6) is 0 Å². The third-order valence-corrected chi connectivity index (χ3v) is 8.73. The molecule has 0 atom stereocenters. The molecule has 1 aromatic carbocycles. The van der Waals surface area contributed by atoms with E-state index in [2.05, 4.69) is 51.7 Å². The number of hydrogen-bond acceptors (Lipinski definition) is 6. The lowest BCUT2D eigenvalue weighted by molar-refractivity contribution is -0.138. The summed E-state index contributed by atoms with van der Waals surface area (Å²) < 4.78 is 0. The minimum absolute atomic E-state index is 0.0987. The maximum atomic E-state index is 12.8. The van der Waals surface area contributed by atoms with Crippen molar-refractivity contribution in [2.45, 2.75) is 63.6 Å². The lowest BCUT2D eigenvalue weighted by Crippen LogP contribution is -2.59. The molecule has 4 rings (SSSR count). The number of nitrogens with zero attached hydrogens (tertiary/aromatic N) is 4. The Balaban J connectivity index is 1.32. The number of nitrogens with one attached hydrogen (secondary N) is 2. The van der Waals surface area contributed by atoms with Gasteiger partial charge in [-0.2, -0.15) is 0 Å². The highest BCUT2D eigenvalue weighted by atomic mass is 16.2. The number of nitrogens with two attached hydrogens (primary N) is 1. The summed E-state index contributed by atoms with van der Waals surface area (Å²) in [6.07, 6.45) is 10.1. The molecule has 1 heterocycles. The van der Waals surface area contributed by atoms with E-state index in [0.29, 0.717) is 50.1 Å². The van der Waals surface area contributed by atoms with E-state index >= 15 is 0 Å².